The molecule has 1 N–H and O–H groups in total. The van der Waals surface area contributed by atoms with Crippen LogP contribution in [0.15, 0.2) is 36.4 Å². The van der Waals surface area contributed by atoms with E-state index in [4.69, 9.17) is 9.84 Å². The molecular weight excluding hydrogens is 255 g/mol. The molecule has 0 spiro atoms. The summed E-state index contributed by atoms with van der Waals surface area (Å²) in [6.45, 7) is 1.69. The number of hydrogen-bond acceptors (Lipinski definition) is 2. The zero-order valence-corrected chi connectivity index (χ0v) is 13.9. The molecule has 0 heterocycles. The summed E-state index contributed by atoms with van der Waals surface area (Å²) < 4.78 is 5.14. The van der Waals surface area contributed by atoms with E-state index in [1.165, 1.54) is 0 Å². The van der Waals surface area contributed by atoms with Gasteiger partial charge in [0.25, 0.3) is 0 Å². The van der Waals surface area contributed by atoms with Crippen molar-refractivity contribution in [1.82, 2.24) is 0 Å². The molecule has 0 saturated heterocycles. The third kappa shape index (κ3) is 3.33. The van der Waals surface area contributed by atoms with E-state index in [1.54, 1.807) is 14.0 Å². The third-order valence-electron chi connectivity index (χ3n) is 2.94. The van der Waals surface area contributed by atoms with Crippen LogP contribution in [0.1, 0.15) is 19.8 Å². The molecule has 1 unspecified atom stereocenters. The number of fused-ring (bicyclic) bond motifs is 1. The molecule has 0 aliphatic heterocycles. The second kappa shape index (κ2) is 6.68. The molecule has 0 saturated carbocycles. The second-order valence-corrected chi connectivity index (χ2v) is 4.03. The quantitative estimate of drug-likeness (QED) is 0.808. The van der Waals surface area contributed by atoms with Gasteiger partial charge < -0.3 is 11.3 Å². The molecule has 18 heavy (non-hydrogen) atoms. The maximum absolute atomic E-state index is 10.9. The molecule has 0 bridgehead atoms. The summed E-state index contributed by atoms with van der Waals surface area (Å²) in [5.41, 5.74) is 0.815. The Kier molecular flexibility index (Phi) is 5.81. The Balaban J connectivity index is 0.00000162. The van der Waals surface area contributed by atoms with E-state index in [-0.39, 0.29) is 52.8 Å². The molecule has 0 aliphatic rings. The summed E-state index contributed by atoms with van der Waals surface area (Å²) in [5, 5.41) is 11.0. The van der Waals surface area contributed by atoms with E-state index < -0.39 is 11.9 Å². The van der Waals surface area contributed by atoms with Crippen LogP contribution in [-0.2, 0) is 4.79 Å². The van der Waals surface area contributed by atoms with Crippen molar-refractivity contribution in [2.24, 2.45) is 0 Å². The minimum Gasteiger partial charge on any atom is -1.00 e. The molecule has 0 aliphatic carbocycles. The van der Waals surface area contributed by atoms with Crippen molar-refractivity contribution in [3.8, 4) is 5.75 Å². The van der Waals surface area contributed by atoms with Gasteiger partial charge in [-0.3, -0.25) is 4.79 Å². The Morgan fingerprint density at radius 2 is 1.83 bits per heavy atom. The van der Waals surface area contributed by atoms with Gasteiger partial charge in [-0.1, -0.05) is 24.3 Å². The molecular formula is C14H15KO3. The molecule has 0 amide bonds. The molecule has 2 aromatic rings. The van der Waals surface area contributed by atoms with Gasteiger partial charge in [0, 0.05) is 0 Å². The topological polar surface area (TPSA) is 46.5 Å². The zero-order valence-electron chi connectivity index (χ0n) is 11.8. The van der Waals surface area contributed by atoms with Crippen molar-refractivity contribution in [1.29, 1.82) is 0 Å². The number of aliphatic carboxylic acids is 1. The molecule has 2 rings (SSSR count). The van der Waals surface area contributed by atoms with Crippen LogP contribution in [0.25, 0.3) is 10.8 Å². The first-order valence-corrected chi connectivity index (χ1v) is 5.42. The summed E-state index contributed by atoms with van der Waals surface area (Å²) in [6, 6.07) is 11.4. The van der Waals surface area contributed by atoms with E-state index in [0.29, 0.717) is 0 Å². The van der Waals surface area contributed by atoms with Gasteiger partial charge in [-0.25, -0.2) is 0 Å². The summed E-state index contributed by atoms with van der Waals surface area (Å²) in [7, 11) is 1.63. The summed E-state index contributed by atoms with van der Waals surface area (Å²) >= 11 is 0. The van der Waals surface area contributed by atoms with E-state index in [1.807, 2.05) is 36.4 Å². The van der Waals surface area contributed by atoms with Crippen LogP contribution in [0.2, 0.25) is 0 Å². The molecule has 4 heteroatoms. The second-order valence-electron chi connectivity index (χ2n) is 4.03. The van der Waals surface area contributed by atoms with Crippen molar-refractivity contribution in [3.05, 3.63) is 42.0 Å². The fourth-order valence-electron chi connectivity index (χ4n) is 1.78. The minimum atomic E-state index is -0.808. The van der Waals surface area contributed by atoms with Gasteiger partial charge in [-0.15, -0.1) is 0 Å². The Labute approximate surface area is 150 Å². The smallest absolute Gasteiger partial charge is 1.00 e. The fourth-order valence-corrected chi connectivity index (χ4v) is 1.78. The predicted molar refractivity (Wildman–Crippen MR) is 67.7 cm³/mol. The maximum atomic E-state index is 10.9. The van der Waals surface area contributed by atoms with Gasteiger partial charge >= 0.3 is 57.4 Å². The largest absolute Gasteiger partial charge is 1.00 e. The SMILES string of the molecule is COc1ccc2cc(C(C)C(=O)O)ccc2c1.[H-].[K+]. The molecule has 0 radical (unpaired) electrons. The standard InChI is InChI=1S/C14H14O3.K.H/c1-9(14(15)16)10-3-4-12-8-13(17-2)6-5-11(12)7-10;;/h3-9H,1-2H3,(H,15,16);;/q;+1;-1. The fraction of sp³-hybridized carbons (Fsp3) is 0.214. The maximum Gasteiger partial charge on any atom is 1.00 e. The van der Waals surface area contributed by atoms with Gasteiger partial charge in [-0.2, -0.15) is 0 Å². The van der Waals surface area contributed by atoms with Crippen LogP contribution in [0, 0.1) is 0 Å². The van der Waals surface area contributed by atoms with Gasteiger partial charge in [-0.05, 0) is 35.4 Å². The van der Waals surface area contributed by atoms with Gasteiger partial charge in [0.1, 0.15) is 5.75 Å². The van der Waals surface area contributed by atoms with Crippen LogP contribution < -0.4 is 56.1 Å². The Hall–Kier alpha value is -0.394. The Bertz CT molecular complexity index is 572. The number of hydrogen-bond donors (Lipinski definition) is 1. The Morgan fingerprint density at radius 1 is 1.22 bits per heavy atom. The zero-order chi connectivity index (χ0) is 12.4. The first-order chi connectivity index (χ1) is 8.11. The average molecular weight is 270 g/mol. The van der Waals surface area contributed by atoms with Gasteiger partial charge in [0.05, 0.1) is 13.0 Å². The molecule has 0 fully saturated rings. The van der Waals surface area contributed by atoms with Crippen LogP contribution in [-0.4, -0.2) is 18.2 Å². The average Bonchev–Trinajstić information content (AvgIpc) is 2.36. The number of carboxylic acid groups (broad SMARTS) is 1. The summed E-state index contributed by atoms with van der Waals surface area (Å²) in [4.78, 5) is 10.9. The van der Waals surface area contributed by atoms with Crippen molar-refractivity contribution in [2.75, 3.05) is 7.11 Å². The molecule has 1 atom stereocenters. The number of carbonyl (C=O) groups is 1. The predicted octanol–water partition coefficient (Wildman–Crippen LogP) is 0.153. The van der Waals surface area contributed by atoms with Crippen LogP contribution in [0.5, 0.6) is 5.75 Å². The van der Waals surface area contributed by atoms with Crippen LogP contribution in [0.3, 0.4) is 0 Å². The van der Waals surface area contributed by atoms with Crippen molar-refractivity contribution < 1.29 is 67.4 Å². The molecule has 90 valence electrons. The molecule has 3 nitrogen and oxygen atoms in total. The van der Waals surface area contributed by atoms with E-state index in [0.717, 1.165) is 22.1 Å². The normalized spacial score (nSPS) is 11.7. The van der Waals surface area contributed by atoms with Crippen LogP contribution in [0.4, 0.5) is 0 Å². The summed E-state index contributed by atoms with van der Waals surface area (Å²) in [6.07, 6.45) is 0. The summed E-state index contributed by atoms with van der Waals surface area (Å²) in [5.74, 6) is -0.490. The Morgan fingerprint density at radius 3 is 2.44 bits per heavy atom. The number of methoxy groups -OCH3 is 1. The number of benzene rings is 2. The van der Waals surface area contributed by atoms with Crippen molar-refractivity contribution >= 4 is 16.7 Å². The van der Waals surface area contributed by atoms with E-state index >= 15 is 0 Å². The van der Waals surface area contributed by atoms with E-state index in [9.17, 15) is 4.79 Å². The first-order valence-electron chi connectivity index (χ1n) is 5.42. The van der Waals surface area contributed by atoms with Crippen LogP contribution >= 0.6 is 0 Å². The van der Waals surface area contributed by atoms with E-state index in [2.05, 4.69) is 0 Å². The number of rotatable bonds is 3. The van der Waals surface area contributed by atoms with Crippen molar-refractivity contribution in [2.45, 2.75) is 12.8 Å². The van der Waals surface area contributed by atoms with Gasteiger partial charge in [0.2, 0.25) is 0 Å². The first kappa shape index (κ1) is 15.7. The monoisotopic (exact) mass is 270 g/mol. The van der Waals surface area contributed by atoms with Crippen molar-refractivity contribution in [3.63, 3.8) is 0 Å². The third-order valence-corrected chi connectivity index (χ3v) is 2.94. The number of carboxylic acids is 1. The van der Waals surface area contributed by atoms with Gasteiger partial charge in [0.15, 0.2) is 0 Å². The minimum absolute atomic E-state index is 0. The molecule has 0 aromatic heterocycles. The number of ether oxygens (including phenoxy) is 1. The molecule has 2 aromatic carbocycles.